The molecule has 0 bridgehead atoms. The van der Waals surface area contributed by atoms with Gasteiger partial charge in [-0.1, -0.05) is 56.3 Å². The monoisotopic (exact) mass is 413 g/mol. The summed E-state index contributed by atoms with van der Waals surface area (Å²) in [7, 11) is 0. The van der Waals surface area contributed by atoms with E-state index < -0.39 is 11.9 Å². The summed E-state index contributed by atoms with van der Waals surface area (Å²) < 4.78 is 5.55. The minimum absolute atomic E-state index is 0.142. The Hall–Kier alpha value is -3.12. The summed E-state index contributed by atoms with van der Waals surface area (Å²) in [6.45, 7) is 7.66. The van der Waals surface area contributed by atoms with Crippen molar-refractivity contribution in [2.45, 2.75) is 19.9 Å². The second-order valence-corrected chi connectivity index (χ2v) is 7.01. The molecule has 0 heterocycles. The molecule has 0 radical (unpaired) electrons. The molecule has 0 aliphatic rings. The van der Waals surface area contributed by atoms with E-state index in [2.05, 4.69) is 22.4 Å². The molecule has 2 N–H and O–H groups in total. The molecule has 152 valence electrons. The van der Waals surface area contributed by atoms with Crippen molar-refractivity contribution in [2.75, 3.05) is 6.61 Å². The third-order valence-electron chi connectivity index (χ3n) is 3.98. The normalized spacial score (nSPS) is 11.9. The van der Waals surface area contributed by atoms with E-state index in [9.17, 15) is 9.59 Å². The van der Waals surface area contributed by atoms with Crippen LogP contribution < -0.4 is 15.5 Å². The number of halogens is 1. The number of amides is 2. The van der Waals surface area contributed by atoms with E-state index in [0.29, 0.717) is 28.5 Å². The maximum atomic E-state index is 12.6. The highest BCUT2D eigenvalue weighted by atomic mass is 35.5. The minimum atomic E-state index is -0.758. The second-order valence-electron chi connectivity index (χ2n) is 6.58. The van der Waals surface area contributed by atoms with Gasteiger partial charge in [0.05, 0.1) is 6.21 Å². The number of para-hydroxylation sites is 1. The van der Waals surface area contributed by atoms with Crippen molar-refractivity contribution in [1.29, 1.82) is 0 Å². The molecule has 6 nitrogen and oxygen atoms in total. The Balaban J connectivity index is 2.04. The number of hydrogen-bond donors (Lipinski definition) is 2. The highest BCUT2D eigenvalue weighted by Crippen LogP contribution is 2.16. The fourth-order valence-electron chi connectivity index (χ4n) is 2.49. The van der Waals surface area contributed by atoms with Crippen LogP contribution in [-0.4, -0.2) is 30.7 Å². The van der Waals surface area contributed by atoms with E-state index in [1.807, 2.05) is 32.0 Å². The number of carbonyl (C=O) groups is 2. The summed E-state index contributed by atoms with van der Waals surface area (Å²) in [5.74, 6) is -0.318. The van der Waals surface area contributed by atoms with Crippen LogP contribution in [0.4, 0.5) is 0 Å². The quantitative estimate of drug-likeness (QED) is 0.372. The minimum Gasteiger partial charge on any atom is -0.489 e. The number of carbonyl (C=O) groups excluding carboxylic acids is 2. The molecule has 1 atom stereocenters. The molecule has 1 unspecified atom stereocenters. The van der Waals surface area contributed by atoms with E-state index in [1.165, 1.54) is 6.21 Å². The largest absolute Gasteiger partial charge is 0.489 e. The average Bonchev–Trinajstić information content (AvgIpc) is 2.70. The Morgan fingerprint density at radius 1 is 1.21 bits per heavy atom. The number of benzene rings is 2. The Morgan fingerprint density at radius 3 is 2.66 bits per heavy atom. The fourth-order valence-corrected chi connectivity index (χ4v) is 2.68. The van der Waals surface area contributed by atoms with Gasteiger partial charge >= 0.3 is 0 Å². The van der Waals surface area contributed by atoms with Crippen LogP contribution in [0.5, 0.6) is 5.75 Å². The lowest BCUT2D eigenvalue weighted by Crippen LogP contribution is -2.48. The van der Waals surface area contributed by atoms with Crippen molar-refractivity contribution in [3.05, 3.63) is 77.3 Å². The standard InChI is InChI=1S/C22H24ClN3O3/c1-4-12-29-19-11-6-5-8-17(19)14-24-26-22(28)20(15(2)3)25-21(27)16-9-7-10-18(23)13-16/h4-11,13-15,20H,1,12H2,2-3H3,(H,25,27)(H,26,28). The van der Waals surface area contributed by atoms with Crippen molar-refractivity contribution in [3.63, 3.8) is 0 Å². The first-order chi connectivity index (χ1) is 13.9. The van der Waals surface area contributed by atoms with Crippen LogP contribution in [0, 0.1) is 5.92 Å². The molecule has 0 aromatic heterocycles. The number of nitrogens with zero attached hydrogens (tertiary/aromatic N) is 1. The predicted octanol–water partition coefficient (Wildman–Crippen LogP) is 3.81. The first-order valence-electron chi connectivity index (χ1n) is 9.14. The molecule has 2 amide bonds. The van der Waals surface area contributed by atoms with Gasteiger partial charge in [-0.05, 0) is 36.2 Å². The molecule has 0 saturated carbocycles. The average molecular weight is 414 g/mol. The van der Waals surface area contributed by atoms with E-state index in [4.69, 9.17) is 16.3 Å². The van der Waals surface area contributed by atoms with Gasteiger partial charge in [-0.15, -0.1) is 0 Å². The zero-order valence-corrected chi connectivity index (χ0v) is 17.1. The summed E-state index contributed by atoms with van der Waals surface area (Å²) in [4.78, 5) is 25.0. The fraction of sp³-hybridized carbons (Fsp3) is 0.227. The van der Waals surface area contributed by atoms with Gasteiger partial charge in [0, 0.05) is 16.1 Å². The van der Waals surface area contributed by atoms with E-state index in [-0.39, 0.29) is 11.8 Å². The summed E-state index contributed by atoms with van der Waals surface area (Å²) in [5, 5.41) is 7.18. The molecule has 29 heavy (non-hydrogen) atoms. The SMILES string of the molecule is C=CCOc1ccccc1C=NNC(=O)C(NC(=O)c1cccc(Cl)c1)C(C)C. The zero-order chi connectivity index (χ0) is 21.2. The molecule has 0 fully saturated rings. The van der Waals surface area contributed by atoms with Crippen molar-refractivity contribution in [1.82, 2.24) is 10.7 Å². The number of hydrogen-bond acceptors (Lipinski definition) is 4. The van der Waals surface area contributed by atoms with Crippen LogP contribution >= 0.6 is 11.6 Å². The van der Waals surface area contributed by atoms with Gasteiger partial charge in [0.1, 0.15) is 18.4 Å². The molecule has 2 aromatic rings. The summed E-state index contributed by atoms with van der Waals surface area (Å²) in [6.07, 6.45) is 3.14. The van der Waals surface area contributed by atoms with Gasteiger partial charge in [-0.25, -0.2) is 5.43 Å². The van der Waals surface area contributed by atoms with E-state index in [1.54, 1.807) is 36.4 Å². The summed E-state index contributed by atoms with van der Waals surface area (Å²) in [6, 6.07) is 13.1. The second kappa shape index (κ2) is 11.0. The van der Waals surface area contributed by atoms with Gasteiger partial charge in [-0.2, -0.15) is 5.10 Å². The first kappa shape index (κ1) is 22.2. The lowest BCUT2D eigenvalue weighted by Gasteiger charge is -2.20. The van der Waals surface area contributed by atoms with Crippen molar-refractivity contribution < 1.29 is 14.3 Å². The van der Waals surface area contributed by atoms with Gasteiger partial charge in [0.25, 0.3) is 11.8 Å². The molecular formula is C22H24ClN3O3. The van der Waals surface area contributed by atoms with Crippen LogP contribution in [0.2, 0.25) is 5.02 Å². The molecule has 2 rings (SSSR count). The van der Waals surface area contributed by atoms with Gasteiger partial charge in [-0.3, -0.25) is 9.59 Å². The third kappa shape index (κ3) is 6.76. The molecule has 7 heteroatoms. The summed E-state index contributed by atoms with van der Waals surface area (Å²) in [5.41, 5.74) is 3.57. The van der Waals surface area contributed by atoms with Gasteiger partial charge < -0.3 is 10.1 Å². The Labute approximate surface area is 175 Å². The first-order valence-corrected chi connectivity index (χ1v) is 9.52. The maximum Gasteiger partial charge on any atom is 0.262 e. The Morgan fingerprint density at radius 2 is 1.97 bits per heavy atom. The van der Waals surface area contributed by atoms with Crippen molar-refractivity contribution >= 4 is 29.6 Å². The van der Waals surface area contributed by atoms with Crippen molar-refractivity contribution in [3.8, 4) is 5.75 Å². The van der Waals surface area contributed by atoms with Crippen LogP contribution in [0.1, 0.15) is 29.8 Å². The van der Waals surface area contributed by atoms with Crippen LogP contribution in [-0.2, 0) is 4.79 Å². The Bertz CT molecular complexity index is 896. The van der Waals surface area contributed by atoms with E-state index in [0.717, 1.165) is 0 Å². The Kier molecular flexibility index (Phi) is 8.43. The smallest absolute Gasteiger partial charge is 0.262 e. The number of nitrogens with one attached hydrogen (secondary N) is 2. The molecule has 0 spiro atoms. The summed E-state index contributed by atoms with van der Waals surface area (Å²) >= 11 is 5.93. The molecule has 2 aromatic carbocycles. The third-order valence-corrected chi connectivity index (χ3v) is 4.21. The molecular weight excluding hydrogens is 390 g/mol. The predicted molar refractivity (Wildman–Crippen MR) is 115 cm³/mol. The lowest BCUT2D eigenvalue weighted by molar-refractivity contribution is -0.123. The maximum absolute atomic E-state index is 12.6. The van der Waals surface area contributed by atoms with Crippen molar-refractivity contribution in [2.24, 2.45) is 11.0 Å². The number of hydrazone groups is 1. The highest BCUT2D eigenvalue weighted by molar-refractivity contribution is 6.31. The van der Waals surface area contributed by atoms with Gasteiger partial charge in [0.15, 0.2) is 0 Å². The lowest BCUT2D eigenvalue weighted by atomic mass is 10.0. The topological polar surface area (TPSA) is 79.8 Å². The number of ether oxygens (including phenoxy) is 1. The van der Waals surface area contributed by atoms with E-state index >= 15 is 0 Å². The molecule has 0 aliphatic carbocycles. The van der Waals surface area contributed by atoms with Crippen LogP contribution in [0.15, 0.2) is 66.3 Å². The van der Waals surface area contributed by atoms with Crippen LogP contribution in [0.3, 0.4) is 0 Å². The molecule has 0 aliphatic heterocycles. The van der Waals surface area contributed by atoms with Gasteiger partial charge in [0.2, 0.25) is 0 Å². The number of rotatable bonds is 9. The zero-order valence-electron chi connectivity index (χ0n) is 16.4. The van der Waals surface area contributed by atoms with Crippen LogP contribution in [0.25, 0.3) is 0 Å². The molecule has 0 saturated heterocycles. The highest BCUT2D eigenvalue weighted by Gasteiger charge is 2.24.